The zero-order chi connectivity index (χ0) is 19.4. The van der Waals surface area contributed by atoms with Gasteiger partial charge in [0.2, 0.25) is 10.0 Å². The van der Waals surface area contributed by atoms with Gasteiger partial charge in [0.1, 0.15) is 0 Å². The Balaban J connectivity index is 1.77. The predicted molar refractivity (Wildman–Crippen MR) is 98.6 cm³/mol. The SMILES string of the molecule is O=C(N[C@H](C(=O)O)c1ccccc1)c1cccc(S(=O)(=O)NCC2CC2)c1. The molecule has 142 valence electrons. The molecular weight excluding hydrogens is 368 g/mol. The van der Waals surface area contributed by atoms with E-state index in [1.165, 1.54) is 24.3 Å². The number of hydrogen-bond donors (Lipinski definition) is 3. The number of aliphatic carboxylic acids is 1. The van der Waals surface area contributed by atoms with Crippen molar-refractivity contribution in [2.45, 2.75) is 23.8 Å². The lowest BCUT2D eigenvalue weighted by Crippen LogP contribution is -2.34. The van der Waals surface area contributed by atoms with Crippen LogP contribution in [0.25, 0.3) is 0 Å². The molecule has 3 N–H and O–H groups in total. The number of sulfonamides is 1. The Hall–Kier alpha value is -2.71. The van der Waals surface area contributed by atoms with Crippen molar-refractivity contribution < 1.29 is 23.1 Å². The van der Waals surface area contributed by atoms with Crippen LogP contribution in [-0.2, 0) is 14.8 Å². The minimum absolute atomic E-state index is 0.0256. The first-order chi connectivity index (χ1) is 12.9. The van der Waals surface area contributed by atoms with Crippen molar-refractivity contribution in [3.63, 3.8) is 0 Å². The van der Waals surface area contributed by atoms with Gasteiger partial charge in [-0.15, -0.1) is 0 Å². The summed E-state index contributed by atoms with van der Waals surface area (Å²) in [5.74, 6) is -1.48. The smallest absolute Gasteiger partial charge is 0.330 e. The highest BCUT2D eigenvalue weighted by Crippen LogP contribution is 2.28. The molecule has 0 aliphatic heterocycles. The van der Waals surface area contributed by atoms with Gasteiger partial charge in [-0.05, 0) is 42.5 Å². The molecule has 0 bridgehead atoms. The number of amides is 1. The standard InChI is InChI=1S/C19H20N2O5S/c22-18(21-17(19(23)24)14-5-2-1-3-6-14)15-7-4-8-16(11-15)27(25,26)20-12-13-9-10-13/h1-8,11,13,17,20H,9-10,12H2,(H,21,22)(H,23,24)/t17-/m0/s1. The summed E-state index contributed by atoms with van der Waals surface area (Å²) in [6.45, 7) is 0.383. The fraction of sp³-hybridized carbons (Fsp3) is 0.263. The van der Waals surface area contributed by atoms with E-state index in [1.807, 2.05) is 0 Å². The molecule has 0 aromatic heterocycles. The lowest BCUT2D eigenvalue weighted by atomic mass is 10.1. The summed E-state index contributed by atoms with van der Waals surface area (Å²) in [5.41, 5.74) is 0.500. The van der Waals surface area contributed by atoms with Crippen LogP contribution in [0.2, 0.25) is 0 Å². The Bertz CT molecular complexity index is 940. The molecule has 0 heterocycles. The molecule has 1 fully saturated rings. The first-order valence-electron chi connectivity index (χ1n) is 8.55. The second kappa shape index (κ2) is 7.89. The molecule has 0 spiro atoms. The van der Waals surface area contributed by atoms with Crippen LogP contribution < -0.4 is 10.0 Å². The summed E-state index contributed by atoms with van der Waals surface area (Å²) in [5, 5.41) is 11.8. The van der Waals surface area contributed by atoms with Gasteiger partial charge in [-0.3, -0.25) is 4.79 Å². The number of hydrogen-bond acceptors (Lipinski definition) is 4. The van der Waals surface area contributed by atoms with Gasteiger partial charge in [-0.2, -0.15) is 0 Å². The van der Waals surface area contributed by atoms with Gasteiger partial charge in [-0.25, -0.2) is 17.9 Å². The average Bonchev–Trinajstić information content (AvgIpc) is 3.49. The van der Waals surface area contributed by atoms with Crippen LogP contribution in [0.1, 0.15) is 34.8 Å². The fourth-order valence-electron chi connectivity index (χ4n) is 2.58. The molecule has 1 aliphatic carbocycles. The van der Waals surface area contributed by atoms with Crippen LogP contribution in [-0.4, -0.2) is 31.9 Å². The monoisotopic (exact) mass is 388 g/mol. The maximum atomic E-state index is 12.5. The van der Waals surface area contributed by atoms with E-state index in [4.69, 9.17) is 0 Å². The lowest BCUT2D eigenvalue weighted by molar-refractivity contribution is -0.139. The van der Waals surface area contributed by atoms with Crippen LogP contribution >= 0.6 is 0 Å². The third-order valence-electron chi connectivity index (χ3n) is 4.32. The third-order valence-corrected chi connectivity index (χ3v) is 5.74. The molecule has 0 saturated heterocycles. The van der Waals surface area contributed by atoms with E-state index in [0.717, 1.165) is 12.8 Å². The summed E-state index contributed by atoms with van der Waals surface area (Å²) >= 11 is 0. The van der Waals surface area contributed by atoms with E-state index in [-0.39, 0.29) is 10.5 Å². The quantitative estimate of drug-likeness (QED) is 0.640. The highest BCUT2D eigenvalue weighted by Gasteiger charge is 2.26. The van der Waals surface area contributed by atoms with Gasteiger partial charge in [0.05, 0.1) is 4.90 Å². The van der Waals surface area contributed by atoms with Crippen molar-refractivity contribution in [3.8, 4) is 0 Å². The van der Waals surface area contributed by atoms with Crippen molar-refractivity contribution in [3.05, 3.63) is 65.7 Å². The molecule has 1 aliphatic rings. The zero-order valence-corrected chi connectivity index (χ0v) is 15.3. The minimum Gasteiger partial charge on any atom is -0.479 e. The van der Waals surface area contributed by atoms with E-state index in [9.17, 15) is 23.1 Å². The molecule has 8 heteroatoms. The van der Waals surface area contributed by atoms with Gasteiger partial charge < -0.3 is 10.4 Å². The molecule has 0 radical (unpaired) electrons. The molecule has 7 nitrogen and oxygen atoms in total. The van der Waals surface area contributed by atoms with Crippen LogP contribution in [0.5, 0.6) is 0 Å². The van der Waals surface area contributed by atoms with Gasteiger partial charge in [0.25, 0.3) is 5.91 Å². The Morgan fingerprint density at radius 1 is 1.07 bits per heavy atom. The molecular formula is C19H20N2O5S. The van der Waals surface area contributed by atoms with E-state index in [2.05, 4.69) is 10.0 Å². The van der Waals surface area contributed by atoms with Crippen molar-refractivity contribution in [2.24, 2.45) is 5.92 Å². The number of carboxylic acid groups (broad SMARTS) is 1. The second-order valence-electron chi connectivity index (χ2n) is 6.48. The zero-order valence-electron chi connectivity index (χ0n) is 14.5. The van der Waals surface area contributed by atoms with Crippen molar-refractivity contribution in [2.75, 3.05) is 6.54 Å². The summed E-state index contributed by atoms with van der Waals surface area (Å²) in [4.78, 5) is 24.0. The Kier molecular flexibility index (Phi) is 5.57. The Labute approximate surface area is 157 Å². The van der Waals surface area contributed by atoms with Crippen molar-refractivity contribution in [1.29, 1.82) is 0 Å². The first-order valence-corrected chi connectivity index (χ1v) is 10.0. The molecule has 1 atom stereocenters. The van der Waals surface area contributed by atoms with Gasteiger partial charge >= 0.3 is 5.97 Å². The number of carboxylic acids is 1. The second-order valence-corrected chi connectivity index (χ2v) is 8.25. The Morgan fingerprint density at radius 3 is 2.41 bits per heavy atom. The number of nitrogens with one attached hydrogen (secondary N) is 2. The molecule has 2 aromatic rings. The van der Waals surface area contributed by atoms with Gasteiger partial charge in [0, 0.05) is 12.1 Å². The molecule has 3 rings (SSSR count). The molecule has 2 aromatic carbocycles. The highest BCUT2D eigenvalue weighted by atomic mass is 32.2. The maximum absolute atomic E-state index is 12.5. The van der Waals surface area contributed by atoms with Gasteiger partial charge in [0.15, 0.2) is 6.04 Å². The molecule has 27 heavy (non-hydrogen) atoms. The largest absolute Gasteiger partial charge is 0.479 e. The summed E-state index contributed by atoms with van der Waals surface area (Å²) < 4.78 is 27.2. The van der Waals surface area contributed by atoms with Crippen LogP contribution in [0.15, 0.2) is 59.5 Å². The third kappa shape index (κ3) is 4.93. The number of carbonyl (C=O) groups is 2. The van der Waals surface area contributed by atoms with Gasteiger partial charge in [-0.1, -0.05) is 36.4 Å². The predicted octanol–water partition coefficient (Wildman–Crippen LogP) is 1.93. The minimum atomic E-state index is -3.71. The molecule has 1 amide bonds. The molecule has 0 unspecified atom stereocenters. The van der Waals surface area contributed by atoms with Crippen LogP contribution in [0.3, 0.4) is 0 Å². The highest BCUT2D eigenvalue weighted by molar-refractivity contribution is 7.89. The van der Waals surface area contributed by atoms with Crippen molar-refractivity contribution >= 4 is 21.9 Å². The van der Waals surface area contributed by atoms with Crippen LogP contribution in [0.4, 0.5) is 0 Å². The summed E-state index contributed by atoms with van der Waals surface area (Å²) in [7, 11) is -3.71. The Morgan fingerprint density at radius 2 is 1.78 bits per heavy atom. The van der Waals surface area contributed by atoms with Crippen LogP contribution in [0, 0.1) is 5.92 Å². The summed E-state index contributed by atoms with van der Waals surface area (Å²) in [6.07, 6.45) is 2.03. The normalized spacial score (nSPS) is 15.1. The number of carbonyl (C=O) groups excluding carboxylic acids is 1. The topological polar surface area (TPSA) is 113 Å². The number of benzene rings is 2. The van der Waals surface area contributed by atoms with Crippen molar-refractivity contribution in [1.82, 2.24) is 10.0 Å². The molecule has 1 saturated carbocycles. The van der Waals surface area contributed by atoms with E-state index in [0.29, 0.717) is 18.0 Å². The first kappa shape index (κ1) is 19.1. The number of rotatable bonds is 8. The lowest BCUT2D eigenvalue weighted by Gasteiger charge is -2.15. The van der Waals surface area contributed by atoms with E-state index < -0.39 is 27.9 Å². The fourth-order valence-corrected chi connectivity index (χ4v) is 3.75. The summed E-state index contributed by atoms with van der Waals surface area (Å²) in [6, 6.07) is 12.6. The van der Waals surface area contributed by atoms with E-state index in [1.54, 1.807) is 30.3 Å². The maximum Gasteiger partial charge on any atom is 0.330 e. The average molecular weight is 388 g/mol. The van der Waals surface area contributed by atoms with E-state index >= 15 is 0 Å².